The molecule has 2 rings (SSSR count). The van der Waals surface area contributed by atoms with Gasteiger partial charge in [0.15, 0.2) is 0 Å². The minimum absolute atomic E-state index is 0.237. The molecule has 5 heteroatoms. The van der Waals surface area contributed by atoms with Gasteiger partial charge >= 0.3 is 0 Å². The molecule has 1 aliphatic rings. The highest BCUT2D eigenvalue weighted by molar-refractivity contribution is 5.58. The highest BCUT2D eigenvalue weighted by Crippen LogP contribution is 2.26. The van der Waals surface area contributed by atoms with Crippen LogP contribution in [0.15, 0.2) is 0 Å². The number of aryl methyl sites for hydroxylation is 1. The van der Waals surface area contributed by atoms with Crippen LogP contribution in [-0.2, 0) is 4.74 Å². The number of anilines is 2. The van der Waals surface area contributed by atoms with Crippen LogP contribution >= 0.6 is 0 Å². The first-order valence-corrected chi connectivity index (χ1v) is 7.00. The van der Waals surface area contributed by atoms with E-state index in [1.54, 1.807) is 0 Å². The summed E-state index contributed by atoms with van der Waals surface area (Å²) in [5.74, 6) is 2.78. The zero-order valence-electron chi connectivity index (χ0n) is 12.5. The van der Waals surface area contributed by atoms with Gasteiger partial charge in [0.1, 0.15) is 17.5 Å². The molecule has 1 aliphatic heterocycles. The molecule has 1 saturated heterocycles. The van der Waals surface area contributed by atoms with E-state index in [0.29, 0.717) is 0 Å². The van der Waals surface area contributed by atoms with Gasteiger partial charge in [0.2, 0.25) is 0 Å². The Kier molecular flexibility index (Phi) is 4.24. The zero-order chi connectivity index (χ0) is 14.0. The number of morpholine rings is 1. The fraction of sp³-hybridized carbons (Fsp3) is 0.714. The molecule has 1 fully saturated rings. The lowest BCUT2D eigenvalue weighted by Gasteiger charge is -2.37. The summed E-state index contributed by atoms with van der Waals surface area (Å²) in [6.07, 6.45) is 0.474. The maximum Gasteiger partial charge on any atom is 0.137 e. The molecule has 1 aromatic rings. The maximum absolute atomic E-state index is 5.79. The van der Waals surface area contributed by atoms with E-state index < -0.39 is 0 Å². The molecule has 2 unspecified atom stereocenters. The van der Waals surface area contributed by atoms with Gasteiger partial charge in [0.05, 0.1) is 12.2 Å². The van der Waals surface area contributed by atoms with E-state index in [-0.39, 0.29) is 12.2 Å². The van der Waals surface area contributed by atoms with Crippen molar-refractivity contribution >= 4 is 11.6 Å². The van der Waals surface area contributed by atoms with Crippen LogP contribution in [0.2, 0.25) is 0 Å². The van der Waals surface area contributed by atoms with Gasteiger partial charge in [-0.15, -0.1) is 0 Å². The van der Waals surface area contributed by atoms with Gasteiger partial charge < -0.3 is 15.0 Å². The average Bonchev–Trinajstić information content (AvgIpc) is 2.32. The minimum atomic E-state index is 0.237. The Labute approximate surface area is 115 Å². The normalized spacial score (nSPS) is 23.5. The largest absolute Gasteiger partial charge is 0.372 e. The molecule has 0 spiro atoms. The van der Waals surface area contributed by atoms with Crippen molar-refractivity contribution in [3.05, 3.63) is 11.4 Å². The molecule has 1 N–H and O–H groups in total. The van der Waals surface area contributed by atoms with Crippen LogP contribution in [0.5, 0.6) is 0 Å². The first-order chi connectivity index (χ1) is 9.01. The molecule has 1 aromatic heterocycles. The van der Waals surface area contributed by atoms with E-state index in [1.807, 2.05) is 6.92 Å². The number of nitrogens with zero attached hydrogens (tertiary/aromatic N) is 3. The van der Waals surface area contributed by atoms with Gasteiger partial charge in [0, 0.05) is 25.2 Å². The Morgan fingerprint density at radius 3 is 2.42 bits per heavy atom. The number of rotatable bonds is 3. The van der Waals surface area contributed by atoms with Crippen LogP contribution in [0.1, 0.15) is 32.2 Å². The summed E-state index contributed by atoms with van der Waals surface area (Å²) in [6, 6.07) is 0. The topological polar surface area (TPSA) is 50.3 Å². The first kappa shape index (κ1) is 14.1. The second-order valence-electron chi connectivity index (χ2n) is 5.26. The number of hydrogen-bond acceptors (Lipinski definition) is 5. The number of aromatic nitrogens is 2. The van der Waals surface area contributed by atoms with Crippen molar-refractivity contribution in [2.24, 2.45) is 0 Å². The highest BCUT2D eigenvalue weighted by Gasteiger charge is 2.25. The Balaban J connectivity index is 2.32. The molecule has 0 bridgehead atoms. The summed E-state index contributed by atoms with van der Waals surface area (Å²) in [6.45, 7) is 13.0. The molecule has 0 amide bonds. The molecule has 0 aliphatic carbocycles. The molecule has 5 nitrogen and oxygen atoms in total. The number of ether oxygens (including phenoxy) is 1. The van der Waals surface area contributed by atoms with Crippen molar-refractivity contribution in [2.45, 2.75) is 46.8 Å². The third-order valence-electron chi connectivity index (χ3n) is 3.30. The lowest BCUT2D eigenvalue weighted by atomic mass is 10.2. The van der Waals surface area contributed by atoms with E-state index >= 15 is 0 Å². The molecule has 0 radical (unpaired) electrons. The summed E-state index contributed by atoms with van der Waals surface area (Å²) in [5, 5.41) is 3.31. The molecular weight excluding hydrogens is 240 g/mol. The van der Waals surface area contributed by atoms with E-state index in [4.69, 9.17) is 4.74 Å². The quantitative estimate of drug-likeness (QED) is 0.906. The maximum atomic E-state index is 5.79. The van der Waals surface area contributed by atoms with E-state index in [2.05, 4.69) is 47.9 Å². The van der Waals surface area contributed by atoms with Crippen LogP contribution in [0.4, 0.5) is 11.6 Å². The lowest BCUT2D eigenvalue weighted by Crippen LogP contribution is -2.46. The summed E-state index contributed by atoms with van der Waals surface area (Å²) >= 11 is 0. The molecule has 0 aromatic carbocycles. The monoisotopic (exact) mass is 264 g/mol. The predicted octanol–water partition coefficient (Wildman–Crippen LogP) is 2.14. The molecule has 19 heavy (non-hydrogen) atoms. The van der Waals surface area contributed by atoms with Crippen LogP contribution in [0.25, 0.3) is 0 Å². The smallest absolute Gasteiger partial charge is 0.137 e. The van der Waals surface area contributed by atoms with Crippen molar-refractivity contribution in [1.82, 2.24) is 9.97 Å². The number of hydrogen-bond donors (Lipinski definition) is 1. The Morgan fingerprint density at radius 2 is 1.84 bits per heavy atom. The third-order valence-corrected chi connectivity index (χ3v) is 3.30. The van der Waals surface area contributed by atoms with Crippen molar-refractivity contribution in [3.63, 3.8) is 0 Å². The van der Waals surface area contributed by atoms with Crippen LogP contribution < -0.4 is 10.2 Å². The van der Waals surface area contributed by atoms with Crippen molar-refractivity contribution in [3.8, 4) is 0 Å². The van der Waals surface area contributed by atoms with Crippen molar-refractivity contribution in [1.29, 1.82) is 0 Å². The van der Waals surface area contributed by atoms with Gasteiger partial charge in [-0.2, -0.15) is 0 Å². The van der Waals surface area contributed by atoms with Crippen LogP contribution in [0.3, 0.4) is 0 Å². The Hall–Kier alpha value is -1.36. The second kappa shape index (κ2) is 5.74. The zero-order valence-corrected chi connectivity index (χ0v) is 12.5. The Bertz CT molecular complexity index is 439. The fourth-order valence-corrected chi connectivity index (χ4v) is 2.61. The summed E-state index contributed by atoms with van der Waals surface area (Å²) < 4.78 is 5.79. The first-order valence-electron chi connectivity index (χ1n) is 7.00. The predicted molar refractivity (Wildman–Crippen MR) is 77.9 cm³/mol. The fourth-order valence-electron chi connectivity index (χ4n) is 2.61. The molecular formula is C14H24N4O. The molecule has 2 heterocycles. The Morgan fingerprint density at radius 1 is 1.21 bits per heavy atom. The molecule has 0 saturated carbocycles. The van der Waals surface area contributed by atoms with Gasteiger partial charge in [-0.1, -0.05) is 0 Å². The summed E-state index contributed by atoms with van der Waals surface area (Å²) in [7, 11) is 0. The van der Waals surface area contributed by atoms with E-state index in [0.717, 1.165) is 42.7 Å². The van der Waals surface area contributed by atoms with Gasteiger partial charge in [-0.05, 0) is 34.6 Å². The average molecular weight is 264 g/mol. The van der Waals surface area contributed by atoms with Crippen LogP contribution in [-0.4, -0.2) is 41.8 Å². The second-order valence-corrected chi connectivity index (χ2v) is 5.26. The number of nitrogens with one attached hydrogen (secondary N) is 1. The van der Waals surface area contributed by atoms with Gasteiger partial charge in [0.25, 0.3) is 0 Å². The van der Waals surface area contributed by atoms with Crippen molar-refractivity contribution < 1.29 is 4.74 Å². The van der Waals surface area contributed by atoms with Crippen LogP contribution in [0, 0.1) is 13.8 Å². The third kappa shape index (κ3) is 3.15. The van der Waals surface area contributed by atoms with E-state index in [1.165, 1.54) is 0 Å². The molecule has 106 valence electrons. The standard InChI is InChI=1S/C14H24N4O/c1-6-15-13-11(4)14(17-12(5)16-13)18-7-9(2)19-10(3)8-18/h9-10H,6-8H2,1-5H3,(H,15,16,17). The van der Waals surface area contributed by atoms with E-state index in [9.17, 15) is 0 Å². The highest BCUT2D eigenvalue weighted by atomic mass is 16.5. The minimum Gasteiger partial charge on any atom is -0.372 e. The molecule has 2 atom stereocenters. The van der Waals surface area contributed by atoms with Gasteiger partial charge in [-0.25, -0.2) is 9.97 Å². The summed E-state index contributed by atoms with van der Waals surface area (Å²) in [4.78, 5) is 11.4. The SMILES string of the molecule is CCNc1nc(C)nc(N2CC(C)OC(C)C2)c1C. The lowest BCUT2D eigenvalue weighted by molar-refractivity contribution is -0.00550. The van der Waals surface area contributed by atoms with Crippen molar-refractivity contribution in [2.75, 3.05) is 29.9 Å². The van der Waals surface area contributed by atoms with Gasteiger partial charge in [-0.3, -0.25) is 0 Å². The summed E-state index contributed by atoms with van der Waals surface area (Å²) in [5.41, 5.74) is 1.12.